The lowest BCUT2D eigenvalue weighted by Gasteiger charge is -2.23. The number of anilines is 1. The number of hydrogen-bond acceptors (Lipinski definition) is 4. The lowest BCUT2D eigenvalue weighted by molar-refractivity contribution is 0.140. The summed E-state index contributed by atoms with van der Waals surface area (Å²) in [6, 6.07) is 3.95. The molecular weight excluding hydrogens is 244 g/mol. The van der Waals surface area contributed by atoms with Crippen molar-refractivity contribution in [3.63, 3.8) is 0 Å². The van der Waals surface area contributed by atoms with E-state index in [4.69, 9.17) is 10.4 Å². The van der Waals surface area contributed by atoms with Crippen LogP contribution >= 0.6 is 0 Å². The Hall–Kier alpha value is -2.29. The number of nitrogens with zero attached hydrogens (tertiary/aromatic N) is 4. The van der Waals surface area contributed by atoms with Gasteiger partial charge in [0.25, 0.3) is 0 Å². The Morgan fingerprint density at radius 1 is 1.47 bits per heavy atom. The van der Waals surface area contributed by atoms with E-state index in [0.29, 0.717) is 24.6 Å². The van der Waals surface area contributed by atoms with Crippen molar-refractivity contribution < 1.29 is 9.90 Å². The van der Waals surface area contributed by atoms with Gasteiger partial charge in [-0.25, -0.2) is 4.79 Å². The van der Waals surface area contributed by atoms with Gasteiger partial charge in [0.2, 0.25) is 0 Å². The highest BCUT2D eigenvalue weighted by molar-refractivity contribution is 5.66. The molecule has 3 heterocycles. The number of carboxylic acid groups (broad SMARTS) is 1. The molecule has 0 aromatic carbocycles. The summed E-state index contributed by atoms with van der Waals surface area (Å²) in [5, 5.41) is 18.0. The average Bonchev–Trinajstić information content (AvgIpc) is 2.98. The summed E-state index contributed by atoms with van der Waals surface area (Å²) in [4.78, 5) is 18.9. The Bertz CT molecular complexity index is 554. The summed E-state index contributed by atoms with van der Waals surface area (Å²) in [6.07, 6.45) is 3.34. The highest BCUT2D eigenvalue weighted by atomic mass is 16.4. The van der Waals surface area contributed by atoms with Gasteiger partial charge in [-0.3, -0.25) is 4.98 Å². The summed E-state index contributed by atoms with van der Waals surface area (Å²) < 4.78 is 0. The molecule has 1 aromatic heterocycles. The van der Waals surface area contributed by atoms with Crippen LogP contribution in [0.4, 0.5) is 10.5 Å². The first-order valence-corrected chi connectivity index (χ1v) is 6.28. The van der Waals surface area contributed by atoms with Crippen LogP contribution in [-0.2, 0) is 0 Å². The van der Waals surface area contributed by atoms with Gasteiger partial charge in [0.05, 0.1) is 23.5 Å². The zero-order chi connectivity index (χ0) is 13.4. The number of hydrogen-bond donors (Lipinski definition) is 1. The predicted molar refractivity (Wildman–Crippen MR) is 67.8 cm³/mol. The van der Waals surface area contributed by atoms with Gasteiger partial charge >= 0.3 is 6.09 Å². The van der Waals surface area contributed by atoms with Crippen molar-refractivity contribution in [2.75, 3.05) is 24.5 Å². The second kappa shape index (κ2) is 4.43. The highest BCUT2D eigenvalue weighted by Gasteiger charge is 2.43. The summed E-state index contributed by atoms with van der Waals surface area (Å²) in [5.41, 5.74) is 1.43. The fraction of sp³-hybridized carbons (Fsp3) is 0.462. The summed E-state index contributed by atoms with van der Waals surface area (Å²) in [5.74, 6) is 0.391. The van der Waals surface area contributed by atoms with Gasteiger partial charge in [0.15, 0.2) is 0 Å². The van der Waals surface area contributed by atoms with Crippen molar-refractivity contribution in [2.45, 2.75) is 12.5 Å². The molecule has 6 heteroatoms. The van der Waals surface area contributed by atoms with E-state index in [9.17, 15) is 4.79 Å². The molecule has 98 valence electrons. The van der Waals surface area contributed by atoms with Gasteiger partial charge in [-0.2, -0.15) is 5.26 Å². The van der Waals surface area contributed by atoms with E-state index >= 15 is 0 Å². The topological polar surface area (TPSA) is 80.5 Å². The molecule has 2 aliphatic heterocycles. The van der Waals surface area contributed by atoms with Crippen LogP contribution in [-0.4, -0.2) is 46.8 Å². The van der Waals surface area contributed by atoms with E-state index in [1.807, 2.05) is 0 Å². The van der Waals surface area contributed by atoms with Crippen LogP contribution in [0.5, 0.6) is 0 Å². The van der Waals surface area contributed by atoms with Crippen molar-refractivity contribution in [3.8, 4) is 6.07 Å². The Balaban J connectivity index is 1.79. The first-order chi connectivity index (χ1) is 9.19. The zero-order valence-electron chi connectivity index (χ0n) is 10.4. The van der Waals surface area contributed by atoms with E-state index in [2.05, 4.69) is 16.0 Å². The Kier molecular flexibility index (Phi) is 2.75. The minimum atomic E-state index is -0.835. The lowest BCUT2D eigenvalue weighted by Crippen LogP contribution is -2.38. The molecule has 1 amide bonds. The molecule has 2 aliphatic rings. The second-order valence-corrected chi connectivity index (χ2v) is 5.04. The maximum Gasteiger partial charge on any atom is 0.407 e. The smallest absolute Gasteiger partial charge is 0.407 e. The number of fused-ring (bicyclic) bond motifs is 1. The maximum absolute atomic E-state index is 11.1. The SMILES string of the molecule is N#Cc1cncc(N2C[C@H]3CCN(C(=O)O)[C@H]3C2)c1. The highest BCUT2D eigenvalue weighted by Crippen LogP contribution is 2.33. The monoisotopic (exact) mass is 258 g/mol. The number of aromatic nitrogens is 1. The van der Waals surface area contributed by atoms with Gasteiger partial charge < -0.3 is 14.9 Å². The second-order valence-electron chi connectivity index (χ2n) is 5.04. The molecule has 0 aliphatic carbocycles. The van der Waals surface area contributed by atoms with E-state index in [0.717, 1.165) is 18.7 Å². The third-order valence-electron chi connectivity index (χ3n) is 4.01. The van der Waals surface area contributed by atoms with Crippen LogP contribution in [0.15, 0.2) is 18.5 Å². The van der Waals surface area contributed by atoms with E-state index in [-0.39, 0.29) is 6.04 Å². The number of pyridine rings is 1. The van der Waals surface area contributed by atoms with Gasteiger partial charge in [-0.1, -0.05) is 0 Å². The molecule has 0 saturated carbocycles. The quantitative estimate of drug-likeness (QED) is 0.817. The molecule has 0 bridgehead atoms. The first-order valence-electron chi connectivity index (χ1n) is 6.28. The molecule has 2 atom stereocenters. The molecule has 19 heavy (non-hydrogen) atoms. The van der Waals surface area contributed by atoms with E-state index in [1.54, 1.807) is 12.3 Å². The maximum atomic E-state index is 11.1. The van der Waals surface area contributed by atoms with Gasteiger partial charge in [-0.05, 0) is 12.5 Å². The summed E-state index contributed by atoms with van der Waals surface area (Å²) in [7, 11) is 0. The number of nitriles is 1. The molecule has 1 aromatic rings. The molecule has 3 rings (SSSR count). The largest absolute Gasteiger partial charge is 0.465 e. The van der Waals surface area contributed by atoms with Crippen molar-refractivity contribution in [2.24, 2.45) is 5.92 Å². The van der Waals surface area contributed by atoms with Gasteiger partial charge in [0, 0.05) is 31.7 Å². The van der Waals surface area contributed by atoms with Crippen LogP contribution in [0.3, 0.4) is 0 Å². The molecule has 0 radical (unpaired) electrons. The molecule has 0 unspecified atom stereocenters. The Morgan fingerprint density at radius 2 is 2.32 bits per heavy atom. The molecule has 1 N–H and O–H groups in total. The van der Waals surface area contributed by atoms with Crippen LogP contribution in [0.25, 0.3) is 0 Å². The normalized spacial score (nSPS) is 25.2. The van der Waals surface area contributed by atoms with Crippen molar-refractivity contribution in [1.29, 1.82) is 5.26 Å². The van der Waals surface area contributed by atoms with E-state index < -0.39 is 6.09 Å². The van der Waals surface area contributed by atoms with Crippen LogP contribution in [0.2, 0.25) is 0 Å². The fourth-order valence-corrected chi connectivity index (χ4v) is 3.07. The van der Waals surface area contributed by atoms with Crippen molar-refractivity contribution in [3.05, 3.63) is 24.0 Å². The van der Waals surface area contributed by atoms with Gasteiger partial charge in [-0.15, -0.1) is 0 Å². The average molecular weight is 258 g/mol. The number of carbonyl (C=O) groups is 1. The van der Waals surface area contributed by atoms with Crippen LogP contribution < -0.4 is 4.90 Å². The predicted octanol–water partition coefficient (Wildman–Crippen LogP) is 1.14. The minimum absolute atomic E-state index is 0.0724. The lowest BCUT2D eigenvalue weighted by atomic mass is 10.1. The Labute approximate surface area is 110 Å². The Morgan fingerprint density at radius 3 is 3.05 bits per heavy atom. The number of likely N-dealkylation sites (tertiary alicyclic amines) is 1. The molecular formula is C13H14N4O2. The molecule has 0 spiro atoms. The molecule has 6 nitrogen and oxygen atoms in total. The van der Waals surface area contributed by atoms with E-state index in [1.165, 1.54) is 11.1 Å². The first kappa shape index (κ1) is 11.8. The third kappa shape index (κ3) is 1.97. The summed E-state index contributed by atoms with van der Waals surface area (Å²) >= 11 is 0. The standard InChI is InChI=1S/C13H14N4O2/c14-4-9-3-11(6-15-5-9)16-7-10-1-2-17(13(18)19)12(10)8-16/h3,5-6,10,12H,1-2,7-8H2,(H,18,19)/t10-,12+/m1/s1. The minimum Gasteiger partial charge on any atom is -0.465 e. The van der Waals surface area contributed by atoms with Crippen molar-refractivity contribution in [1.82, 2.24) is 9.88 Å². The third-order valence-corrected chi connectivity index (χ3v) is 4.01. The van der Waals surface area contributed by atoms with Crippen LogP contribution in [0.1, 0.15) is 12.0 Å². The molecule has 2 fully saturated rings. The fourth-order valence-electron chi connectivity index (χ4n) is 3.07. The van der Waals surface area contributed by atoms with Crippen molar-refractivity contribution >= 4 is 11.8 Å². The van der Waals surface area contributed by atoms with Crippen LogP contribution in [0, 0.1) is 17.2 Å². The zero-order valence-corrected chi connectivity index (χ0v) is 10.4. The summed E-state index contributed by atoms with van der Waals surface area (Å²) in [6.45, 7) is 2.16. The van der Waals surface area contributed by atoms with Gasteiger partial charge in [0.1, 0.15) is 6.07 Å². The number of rotatable bonds is 1. The number of amides is 1. The molecule has 2 saturated heterocycles.